The minimum Gasteiger partial charge on any atom is -0.379 e. The van der Waals surface area contributed by atoms with Gasteiger partial charge >= 0.3 is 0 Å². The van der Waals surface area contributed by atoms with E-state index in [4.69, 9.17) is 9.73 Å². The predicted molar refractivity (Wildman–Crippen MR) is 91.5 cm³/mol. The summed E-state index contributed by atoms with van der Waals surface area (Å²) in [7, 11) is 2.15. The molecular weight excluding hydrogens is 278 g/mol. The summed E-state index contributed by atoms with van der Waals surface area (Å²) in [5.41, 5.74) is 0. The Kier molecular flexibility index (Phi) is 7.42. The molecule has 0 spiro atoms. The van der Waals surface area contributed by atoms with E-state index in [2.05, 4.69) is 40.9 Å². The van der Waals surface area contributed by atoms with Gasteiger partial charge in [0.2, 0.25) is 0 Å². The molecule has 6 nitrogen and oxygen atoms in total. The Balaban J connectivity index is 1.84. The number of likely N-dealkylation sites (N-methyl/N-ethyl adjacent to an activating group) is 1. The van der Waals surface area contributed by atoms with Crippen LogP contribution in [-0.4, -0.2) is 99.3 Å². The smallest absolute Gasteiger partial charge is 0.194 e. The quantitative estimate of drug-likeness (QED) is 0.565. The topological polar surface area (TPSA) is 43.3 Å². The second-order valence-corrected chi connectivity index (χ2v) is 6.17. The number of nitrogens with zero attached hydrogens (tertiary/aromatic N) is 4. The fourth-order valence-electron chi connectivity index (χ4n) is 3.09. The van der Waals surface area contributed by atoms with Crippen molar-refractivity contribution < 1.29 is 4.74 Å². The van der Waals surface area contributed by atoms with Crippen molar-refractivity contribution in [3.05, 3.63) is 0 Å². The zero-order chi connectivity index (χ0) is 15.8. The van der Waals surface area contributed by atoms with Crippen LogP contribution in [0.4, 0.5) is 0 Å². The molecule has 2 fully saturated rings. The summed E-state index contributed by atoms with van der Waals surface area (Å²) in [6.45, 7) is 14.3. The zero-order valence-corrected chi connectivity index (χ0v) is 14.6. The van der Waals surface area contributed by atoms with E-state index in [1.54, 1.807) is 0 Å². The zero-order valence-electron chi connectivity index (χ0n) is 14.6. The third-order valence-corrected chi connectivity index (χ3v) is 4.64. The third kappa shape index (κ3) is 5.11. The molecule has 0 aromatic carbocycles. The number of nitrogens with one attached hydrogen (secondary N) is 1. The molecule has 0 amide bonds. The van der Waals surface area contributed by atoms with Crippen molar-refractivity contribution >= 4 is 5.96 Å². The monoisotopic (exact) mass is 311 g/mol. The summed E-state index contributed by atoms with van der Waals surface area (Å²) >= 11 is 0. The van der Waals surface area contributed by atoms with Crippen LogP contribution in [0, 0.1) is 0 Å². The van der Waals surface area contributed by atoms with E-state index in [1.165, 1.54) is 6.42 Å². The molecule has 1 atom stereocenters. The SMILES string of the molecule is CCNC(=NCCN(C)CC)N1CCC(N2CCOCC2)C1. The molecule has 2 saturated heterocycles. The van der Waals surface area contributed by atoms with Gasteiger partial charge in [0.15, 0.2) is 5.96 Å². The van der Waals surface area contributed by atoms with Crippen molar-refractivity contribution in [2.45, 2.75) is 26.3 Å². The molecule has 0 bridgehead atoms. The summed E-state index contributed by atoms with van der Waals surface area (Å²) in [4.78, 5) is 12.1. The summed E-state index contributed by atoms with van der Waals surface area (Å²) in [5, 5.41) is 3.45. The molecule has 2 rings (SSSR count). The number of morpholine rings is 1. The van der Waals surface area contributed by atoms with Crippen LogP contribution in [-0.2, 0) is 4.74 Å². The molecule has 0 aromatic heterocycles. The molecular formula is C16H33N5O. The lowest BCUT2D eigenvalue weighted by Gasteiger charge is -2.32. The summed E-state index contributed by atoms with van der Waals surface area (Å²) in [6, 6.07) is 0.658. The molecule has 128 valence electrons. The average molecular weight is 311 g/mol. The van der Waals surface area contributed by atoms with Gasteiger partial charge in [-0.15, -0.1) is 0 Å². The predicted octanol–water partition coefficient (Wildman–Crippen LogP) is 0.310. The number of hydrogen-bond donors (Lipinski definition) is 1. The molecule has 0 radical (unpaired) electrons. The molecule has 1 unspecified atom stereocenters. The van der Waals surface area contributed by atoms with Gasteiger partial charge in [-0.25, -0.2) is 0 Å². The van der Waals surface area contributed by atoms with Crippen LogP contribution in [0.15, 0.2) is 4.99 Å². The van der Waals surface area contributed by atoms with Crippen molar-refractivity contribution in [3.63, 3.8) is 0 Å². The highest BCUT2D eigenvalue weighted by molar-refractivity contribution is 5.80. The molecule has 2 aliphatic rings. The van der Waals surface area contributed by atoms with E-state index < -0.39 is 0 Å². The van der Waals surface area contributed by atoms with Crippen LogP contribution in [0.2, 0.25) is 0 Å². The first kappa shape index (κ1) is 17.5. The number of guanidine groups is 1. The Bertz CT molecular complexity index is 343. The van der Waals surface area contributed by atoms with Crippen molar-refractivity contribution in [3.8, 4) is 0 Å². The average Bonchev–Trinajstić information content (AvgIpc) is 3.04. The first-order chi connectivity index (χ1) is 10.7. The lowest BCUT2D eigenvalue weighted by atomic mass is 10.2. The first-order valence-corrected chi connectivity index (χ1v) is 8.78. The Morgan fingerprint density at radius 3 is 2.73 bits per heavy atom. The van der Waals surface area contributed by atoms with Gasteiger partial charge in [-0.05, 0) is 26.9 Å². The highest BCUT2D eigenvalue weighted by Crippen LogP contribution is 2.17. The number of rotatable bonds is 6. The number of likely N-dealkylation sites (tertiary alicyclic amines) is 1. The summed E-state index contributed by atoms with van der Waals surface area (Å²) < 4.78 is 5.46. The highest BCUT2D eigenvalue weighted by atomic mass is 16.5. The van der Waals surface area contributed by atoms with Gasteiger partial charge in [0, 0.05) is 45.3 Å². The van der Waals surface area contributed by atoms with E-state index in [0.717, 1.165) is 71.5 Å². The van der Waals surface area contributed by atoms with Crippen LogP contribution in [0.5, 0.6) is 0 Å². The fourth-order valence-corrected chi connectivity index (χ4v) is 3.09. The van der Waals surface area contributed by atoms with Crippen LogP contribution >= 0.6 is 0 Å². The lowest BCUT2D eigenvalue weighted by molar-refractivity contribution is 0.0195. The number of aliphatic imine (C=N–C) groups is 1. The minimum absolute atomic E-state index is 0.658. The van der Waals surface area contributed by atoms with Crippen LogP contribution in [0.3, 0.4) is 0 Å². The van der Waals surface area contributed by atoms with Gasteiger partial charge < -0.3 is 19.9 Å². The van der Waals surface area contributed by atoms with Gasteiger partial charge in [-0.3, -0.25) is 9.89 Å². The van der Waals surface area contributed by atoms with E-state index in [0.29, 0.717) is 6.04 Å². The van der Waals surface area contributed by atoms with E-state index >= 15 is 0 Å². The second-order valence-electron chi connectivity index (χ2n) is 6.17. The third-order valence-electron chi connectivity index (χ3n) is 4.64. The summed E-state index contributed by atoms with van der Waals surface area (Å²) in [5.74, 6) is 1.09. The molecule has 0 aromatic rings. The molecule has 2 heterocycles. The summed E-state index contributed by atoms with van der Waals surface area (Å²) in [6.07, 6.45) is 1.24. The van der Waals surface area contributed by atoms with Crippen molar-refractivity contribution in [2.75, 3.05) is 72.6 Å². The Morgan fingerprint density at radius 2 is 2.05 bits per heavy atom. The number of hydrogen-bond acceptors (Lipinski definition) is 4. The maximum absolute atomic E-state index is 5.46. The van der Waals surface area contributed by atoms with E-state index in [-0.39, 0.29) is 0 Å². The fraction of sp³-hybridized carbons (Fsp3) is 0.938. The minimum atomic E-state index is 0.658. The van der Waals surface area contributed by atoms with Gasteiger partial charge in [0.25, 0.3) is 0 Å². The molecule has 0 aliphatic carbocycles. The van der Waals surface area contributed by atoms with Gasteiger partial charge in [0.05, 0.1) is 19.8 Å². The van der Waals surface area contributed by atoms with Crippen molar-refractivity contribution in [1.82, 2.24) is 20.0 Å². The van der Waals surface area contributed by atoms with E-state index in [9.17, 15) is 0 Å². The van der Waals surface area contributed by atoms with Gasteiger partial charge in [0.1, 0.15) is 0 Å². The maximum atomic E-state index is 5.46. The maximum Gasteiger partial charge on any atom is 0.194 e. The van der Waals surface area contributed by atoms with Gasteiger partial charge in [-0.1, -0.05) is 6.92 Å². The van der Waals surface area contributed by atoms with Gasteiger partial charge in [-0.2, -0.15) is 0 Å². The van der Waals surface area contributed by atoms with Crippen LogP contribution < -0.4 is 5.32 Å². The standard InChI is InChI=1S/C16H33N5O/c1-4-17-16(18-7-9-19(3)5-2)21-8-6-15(14-21)20-10-12-22-13-11-20/h15H,4-14H2,1-3H3,(H,17,18). The second kappa shape index (κ2) is 9.33. The number of ether oxygens (including phenoxy) is 1. The highest BCUT2D eigenvalue weighted by Gasteiger charge is 2.30. The van der Waals surface area contributed by atoms with Crippen LogP contribution in [0.1, 0.15) is 20.3 Å². The van der Waals surface area contributed by atoms with Crippen LogP contribution in [0.25, 0.3) is 0 Å². The largest absolute Gasteiger partial charge is 0.379 e. The Morgan fingerprint density at radius 1 is 1.27 bits per heavy atom. The normalized spacial score (nSPS) is 24.3. The molecule has 6 heteroatoms. The van der Waals surface area contributed by atoms with Crippen molar-refractivity contribution in [2.24, 2.45) is 4.99 Å². The van der Waals surface area contributed by atoms with Crippen molar-refractivity contribution in [1.29, 1.82) is 0 Å². The molecule has 22 heavy (non-hydrogen) atoms. The lowest BCUT2D eigenvalue weighted by Crippen LogP contribution is -2.46. The van der Waals surface area contributed by atoms with E-state index in [1.807, 2.05) is 0 Å². The Hall–Kier alpha value is -0.850. The Labute approximate surface area is 135 Å². The molecule has 0 saturated carbocycles. The molecule has 1 N–H and O–H groups in total. The first-order valence-electron chi connectivity index (χ1n) is 8.78. The molecule has 2 aliphatic heterocycles.